The van der Waals surface area contributed by atoms with Crippen LogP contribution >= 0.6 is 22.9 Å². The smallest absolute Gasteiger partial charge is 0.341 e. The molecule has 1 fully saturated rings. The highest BCUT2D eigenvalue weighted by Crippen LogP contribution is 2.44. The first kappa shape index (κ1) is 23.4. The molecule has 0 bridgehead atoms. The van der Waals surface area contributed by atoms with E-state index in [-0.39, 0.29) is 24.6 Å². The molecule has 1 saturated carbocycles. The predicted octanol–water partition coefficient (Wildman–Crippen LogP) is 4.93. The van der Waals surface area contributed by atoms with E-state index < -0.39 is 11.5 Å². The van der Waals surface area contributed by atoms with Crippen molar-refractivity contribution in [2.75, 3.05) is 18.5 Å². The standard InChI is InChI=1S/C23H25ClN4O4S/c1-3-31-21(30)18-17(15-9-5-4-6-10-15)19(24)33-20(18)27-16(29)13-25-23(11-7-8-12-23)22-26-14(2)32-28-22/h4-6,9-10,25H,3,7-8,11-13H2,1-2H3,(H,27,29). The summed E-state index contributed by atoms with van der Waals surface area (Å²) in [5.74, 6) is 0.230. The van der Waals surface area contributed by atoms with Gasteiger partial charge < -0.3 is 14.6 Å². The Morgan fingerprint density at radius 3 is 2.61 bits per heavy atom. The van der Waals surface area contributed by atoms with E-state index in [1.807, 2.05) is 30.3 Å². The fraction of sp³-hybridized carbons (Fsp3) is 0.391. The fourth-order valence-corrected chi connectivity index (χ4v) is 5.51. The van der Waals surface area contributed by atoms with Gasteiger partial charge in [0, 0.05) is 12.5 Å². The topological polar surface area (TPSA) is 106 Å². The third-order valence-corrected chi connectivity index (χ3v) is 6.97. The van der Waals surface area contributed by atoms with E-state index in [0.29, 0.717) is 26.6 Å². The van der Waals surface area contributed by atoms with E-state index >= 15 is 0 Å². The van der Waals surface area contributed by atoms with E-state index in [9.17, 15) is 9.59 Å². The lowest BCUT2D eigenvalue weighted by Gasteiger charge is -2.26. The van der Waals surface area contributed by atoms with Gasteiger partial charge in [0.15, 0.2) is 5.82 Å². The minimum Gasteiger partial charge on any atom is -0.462 e. The van der Waals surface area contributed by atoms with Crippen LogP contribution in [0, 0.1) is 6.92 Å². The number of nitrogens with one attached hydrogen (secondary N) is 2. The van der Waals surface area contributed by atoms with Crippen LogP contribution in [-0.2, 0) is 15.1 Å². The van der Waals surface area contributed by atoms with Crippen LogP contribution in [-0.4, -0.2) is 35.2 Å². The fourth-order valence-electron chi connectivity index (χ4n) is 4.12. The Morgan fingerprint density at radius 2 is 1.97 bits per heavy atom. The largest absolute Gasteiger partial charge is 0.462 e. The molecule has 1 aliphatic rings. The van der Waals surface area contributed by atoms with E-state index in [4.69, 9.17) is 20.9 Å². The van der Waals surface area contributed by atoms with Gasteiger partial charge in [0.25, 0.3) is 0 Å². The lowest BCUT2D eigenvalue weighted by molar-refractivity contribution is -0.115. The van der Waals surface area contributed by atoms with Crippen molar-refractivity contribution in [3.05, 3.63) is 51.9 Å². The monoisotopic (exact) mass is 488 g/mol. The molecule has 2 heterocycles. The van der Waals surface area contributed by atoms with Crippen molar-refractivity contribution in [2.45, 2.75) is 45.1 Å². The van der Waals surface area contributed by atoms with Gasteiger partial charge in [-0.3, -0.25) is 10.1 Å². The molecule has 3 aromatic rings. The molecule has 2 N–H and O–H groups in total. The minimum absolute atomic E-state index is 0.0199. The number of carbonyl (C=O) groups is 2. The second kappa shape index (κ2) is 10.0. The molecule has 2 aromatic heterocycles. The SMILES string of the molecule is CCOC(=O)c1c(NC(=O)CNC2(c3noc(C)n3)CCCC2)sc(Cl)c1-c1ccccc1. The summed E-state index contributed by atoms with van der Waals surface area (Å²) in [6.45, 7) is 3.71. The van der Waals surface area contributed by atoms with Crippen LogP contribution in [0.2, 0.25) is 4.34 Å². The van der Waals surface area contributed by atoms with E-state index in [1.165, 1.54) is 0 Å². The number of thiophene rings is 1. The molecule has 0 unspecified atom stereocenters. The van der Waals surface area contributed by atoms with Gasteiger partial charge >= 0.3 is 5.97 Å². The second-order valence-corrected chi connectivity index (χ2v) is 9.49. The highest BCUT2D eigenvalue weighted by molar-refractivity contribution is 7.21. The third-order valence-electron chi connectivity index (χ3n) is 5.66. The Bertz CT molecular complexity index is 1140. The van der Waals surface area contributed by atoms with Crippen molar-refractivity contribution in [1.82, 2.24) is 15.5 Å². The first-order valence-corrected chi connectivity index (χ1v) is 12.0. The maximum atomic E-state index is 12.9. The number of nitrogens with zero attached hydrogens (tertiary/aromatic N) is 2. The molecule has 4 rings (SSSR count). The molecule has 1 amide bonds. The Balaban J connectivity index is 1.56. The highest BCUT2D eigenvalue weighted by atomic mass is 35.5. The van der Waals surface area contributed by atoms with Crippen LogP contribution in [0.15, 0.2) is 34.9 Å². The first-order valence-electron chi connectivity index (χ1n) is 10.8. The number of hydrogen-bond acceptors (Lipinski definition) is 8. The van der Waals surface area contributed by atoms with Gasteiger partial charge in [0.05, 0.1) is 18.7 Å². The van der Waals surface area contributed by atoms with E-state index in [0.717, 1.165) is 42.6 Å². The van der Waals surface area contributed by atoms with Gasteiger partial charge in [-0.1, -0.05) is 59.9 Å². The number of esters is 1. The maximum Gasteiger partial charge on any atom is 0.341 e. The van der Waals surface area contributed by atoms with Crippen molar-refractivity contribution in [2.24, 2.45) is 0 Å². The van der Waals surface area contributed by atoms with Gasteiger partial charge in [0.1, 0.15) is 14.9 Å². The van der Waals surface area contributed by atoms with Crippen molar-refractivity contribution in [1.29, 1.82) is 0 Å². The van der Waals surface area contributed by atoms with Gasteiger partial charge in [0.2, 0.25) is 11.8 Å². The molecule has 0 radical (unpaired) electrons. The summed E-state index contributed by atoms with van der Waals surface area (Å²) in [4.78, 5) is 30.1. The highest BCUT2D eigenvalue weighted by Gasteiger charge is 2.40. The summed E-state index contributed by atoms with van der Waals surface area (Å²) in [5, 5.41) is 10.6. The van der Waals surface area contributed by atoms with Crippen LogP contribution < -0.4 is 10.6 Å². The number of anilines is 1. The van der Waals surface area contributed by atoms with E-state index in [1.54, 1.807) is 13.8 Å². The quantitative estimate of drug-likeness (QED) is 0.433. The number of ether oxygens (including phenoxy) is 1. The summed E-state index contributed by atoms with van der Waals surface area (Å²) >= 11 is 7.65. The van der Waals surface area contributed by atoms with Crippen LogP contribution in [0.5, 0.6) is 0 Å². The Hall–Kier alpha value is -2.75. The van der Waals surface area contributed by atoms with Gasteiger partial charge in [-0.05, 0) is 25.3 Å². The first-order chi connectivity index (χ1) is 15.9. The molecule has 0 saturated heterocycles. The summed E-state index contributed by atoms with van der Waals surface area (Å²) in [5.41, 5.74) is 1.09. The number of aryl methyl sites for hydroxylation is 1. The number of benzene rings is 1. The molecular formula is C23H25ClN4O4S. The Morgan fingerprint density at radius 1 is 1.24 bits per heavy atom. The van der Waals surface area contributed by atoms with Gasteiger partial charge in [-0.15, -0.1) is 11.3 Å². The molecule has 174 valence electrons. The molecule has 0 spiro atoms. The number of amides is 1. The second-order valence-electron chi connectivity index (χ2n) is 7.87. The molecule has 1 aliphatic carbocycles. The van der Waals surface area contributed by atoms with Crippen LogP contribution in [0.4, 0.5) is 5.00 Å². The van der Waals surface area contributed by atoms with Gasteiger partial charge in [-0.2, -0.15) is 4.98 Å². The lowest BCUT2D eigenvalue weighted by atomic mass is 9.96. The Kier molecular flexibility index (Phi) is 7.11. The summed E-state index contributed by atoms with van der Waals surface area (Å²) in [6.07, 6.45) is 3.65. The average molecular weight is 489 g/mol. The number of rotatable bonds is 8. The van der Waals surface area contributed by atoms with Crippen LogP contribution in [0.3, 0.4) is 0 Å². The van der Waals surface area contributed by atoms with Crippen LogP contribution in [0.25, 0.3) is 11.1 Å². The average Bonchev–Trinajstić information content (AvgIpc) is 3.52. The molecule has 0 atom stereocenters. The number of halogens is 1. The minimum atomic E-state index is -0.530. The molecule has 1 aromatic carbocycles. The number of aromatic nitrogens is 2. The molecule has 10 heteroatoms. The molecule has 0 aliphatic heterocycles. The number of hydrogen-bond donors (Lipinski definition) is 2. The van der Waals surface area contributed by atoms with Crippen molar-refractivity contribution in [3.63, 3.8) is 0 Å². The summed E-state index contributed by atoms with van der Waals surface area (Å²) < 4.78 is 10.8. The predicted molar refractivity (Wildman–Crippen MR) is 127 cm³/mol. The Labute approximate surface area is 200 Å². The third kappa shape index (κ3) is 4.95. The van der Waals surface area contributed by atoms with Gasteiger partial charge in [-0.25, -0.2) is 4.79 Å². The zero-order chi connectivity index (χ0) is 23.4. The summed E-state index contributed by atoms with van der Waals surface area (Å²) in [7, 11) is 0. The van der Waals surface area contributed by atoms with Crippen molar-refractivity contribution >= 4 is 39.8 Å². The normalized spacial score (nSPS) is 14.9. The zero-order valence-electron chi connectivity index (χ0n) is 18.4. The van der Waals surface area contributed by atoms with E-state index in [2.05, 4.69) is 20.8 Å². The maximum absolute atomic E-state index is 12.9. The molecular weight excluding hydrogens is 464 g/mol. The molecule has 33 heavy (non-hydrogen) atoms. The van der Waals surface area contributed by atoms with Crippen molar-refractivity contribution in [3.8, 4) is 11.1 Å². The molecule has 8 nitrogen and oxygen atoms in total. The lowest BCUT2D eigenvalue weighted by Crippen LogP contribution is -2.44. The van der Waals surface area contributed by atoms with Crippen molar-refractivity contribution < 1.29 is 18.8 Å². The number of carbonyl (C=O) groups excluding carboxylic acids is 2. The summed E-state index contributed by atoms with van der Waals surface area (Å²) in [6, 6.07) is 9.33. The van der Waals surface area contributed by atoms with Crippen LogP contribution in [0.1, 0.15) is 54.7 Å². The zero-order valence-corrected chi connectivity index (χ0v) is 20.0.